The molecule has 1 N–H and O–H groups in total. The van der Waals surface area contributed by atoms with Crippen molar-refractivity contribution in [2.75, 3.05) is 25.1 Å². The Balaban J connectivity index is 2.06. The van der Waals surface area contributed by atoms with Gasteiger partial charge in [-0.2, -0.15) is 0 Å². The molecule has 0 aromatic heterocycles. The van der Waals surface area contributed by atoms with Crippen LogP contribution in [0.15, 0.2) is 24.3 Å². The highest BCUT2D eigenvalue weighted by Gasteiger charge is 2.28. The summed E-state index contributed by atoms with van der Waals surface area (Å²) < 4.78 is 5.55. The Hall–Kier alpha value is -1.55. The summed E-state index contributed by atoms with van der Waals surface area (Å²) in [5.41, 5.74) is 0.953. The third-order valence-electron chi connectivity index (χ3n) is 3.41. The predicted molar refractivity (Wildman–Crippen MR) is 76.7 cm³/mol. The van der Waals surface area contributed by atoms with Crippen molar-refractivity contribution in [2.24, 2.45) is 0 Å². The first-order valence-corrected chi connectivity index (χ1v) is 6.97. The number of hydrogen-bond donors (Lipinski definition) is 1. The lowest BCUT2D eigenvalue weighted by Gasteiger charge is -2.32. The highest BCUT2D eigenvalue weighted by molar-refractivity contribution is 5.97. The van der Waals surface area contributed by atoms with Gasteiger partial charge in [0.05, 0.1) is 12.6 Å². The molecule has 0 bridgehead atoms. The number of ether oxygens (including phenoxy) is 1. The van der Waals surface area contributed by atoms with Crippen LogP contribution in [0.1, 0.15) is 26.2 Å². The lowest BCUT2D eigenvalue weighted by molar-refractivity contribution is -0.121. The summed E-state index contributed by atoms with van der Waals surface area (Å²) >= 11 is 0. The number of hydrogen-bond acceptors (Lipinski definition) is 3. The smallest absolute Gasteiger partial charge is 0.244 e. The molecule has 1 aromatic rings. The fraction of sp³-hybridized carbons (Fsp3) is 0.533. The van der Waals surface area contributed by atoms with E-state index in [4.69, 9.17) is 4.74 Å². The fourth-order valence-corrected chi connectivity index (χ4v) is 2.34. The summed E-state index contributed by atoms with van der Waals surface area (Å²) in [6.07, 6.45) is 2.95. The van der Waals surface area contributed by atoms with Crippen LogP contribution in [0.5, 0.6) is 5.75 Å². The van der Waals surface area contributed by atoms with Crippen molar-refractivity contribution in [1.82, 2.24) is 5.32 Å². The average Bonchev–Trinajstić information content (AvgIpc) is 2.46. The number of carbonyl (C=O) groups is 1. The zero-order valence-corrected chi connectivity index (χ0v) is 11.7. The summed E-state index contributed by atoms with van der Waals surface area (Å²) in [5, 5.41) is 3.08. The Morgan fingerprint density at radius 2 is 2.11 bits per heavy atom. The molecule has 19 heavy (non-hydrogen) atoms. The summed E-state index contributed by atoms with van der Waals surface area (Å²) in [5.74, 6) is 1.02. The number of likely N-dealkylation sites (N-methyl/N-ethyl adjacent to an activating group) is 1. The molecule has 0 aliphatic carbocycles. The minimum Gasteiger partial charge on any atom is -0.494 e. The summed E-state index contributed by atoms with van der Waals surface area (Å²) in [4.78, 5) is 14.1. The summed E-state index contributed by atoms with van der Waals surface area (Å²) in [7, 11) is 1.84. The topological polar surface area (TPSA) is 41.6 Å². The molecule has 0 radical (unpaired) electrons. The quantitative estimate of drug-likeness (QED) is 0.884. The van der Waals surface area contributed by atoms with E-state index < -0.39 is 0 Å². The predicted octanol–water partition coefficient (Wildman–Crippen LogP) is 2.19. The summed E-state index contributed by atoms with van der Waals surface area (Å²) in [6, 6.07) is 7.73. The van der Waals surface area contributed by atoms with E-state index in [2.05, 4.69) is 12.2 Å². The van der Waals surface area contributed by atoms with Gasteiger partial charge in [-0.05, 0) is 50.6 Å². The van der Waals surface area contributed by atoms with Crippen molar-refractivity contribution < 1.29 is 9.53 Å². The maximum Gasteiger partial charge on any atom is 0.244 e. The number of rotatable bonds is 5. The molecule has 104 valence electrons. The average molecular weight is 262 g/mol. The Kier molecular flexibility index (Phi) is 4.80. The van der Waals surface area contributed by atoms with E-state index in [9.17, 15) is 4.79 Å². The molecule has 1 fully saturated rings. The van der Waals surface area contributed by atoms with Crippen LogP contribution in [0.25, 0.3) is 0 Å². The molecule has 1 amide bonds. The van der Waals surface area contributed by atoms with E-state index in [1.165, 1.54) is 0 Å². The molecule has 0 spiro atoms. The van der Waals surface area contributed by atoms with Gasteiger partial charge in [-0.1, -0.05) is 6.92 Å². The van der Waals surface area contributed by atoms with Gasteiger partial charge in [0.2, 0.25) is 5.91 Å². The largest absolute Gasteiger partial charge is 0.494 e. The Morgan fingerprint density at radius 1 is 1.37 bits per heavy atom. The standard InChI is InChI=1S/C15H22N2O2/c1-3-11-19-13-8-6-12(7-9-13)17-10-4-5-14(16-2)15(17)18/h6-9,14,16H,3-5,10-11H2,1-2H3. The molecule has 1 heterocycles. The van der Waals surface area contributed by atoms with Gasteiger partial charge in [-0.15, -0.1) is 0 Å². The van der Waals surface area contributed by atoms with E-state index in [1.54, 1.807) is 0 Å². The number of nitrogens with one attached hydrogen (secondary N) is 1. The second kappa shape index (κ2) is 6.57. The second-order valence-electron chi connectivity index (χ2n) is 4.82. The molecular weight excluding hydrogens is 240 g/mol. The second-order valence-corrected chi connectivity index (χ2v) is 4.82. The first-order chi connectivity index (χ1) is 9.26. The molecule has 1 aliphatic heterocycles. The number of carbonyl (C=O) groups excluding carboxylic acids is 1. The highest BCUT2D eigenvalue weighted by Crippen LogP contribution is 2.23. The molecule has 1 saturated heterocycles. The number of piperidine rings is 1. The van der Waals surface area contributed by atoms with Crippen LogP contribution in [0.2, 0.25) is 0 Å². The molecule has 1 aliphatic rings. The van der Waals surface area contributed by atoms with Gasteiger partial charge in [0.1, 0.15) is 5.75 Å². The van der Waals surface area contributed by atoms with Gasteiger partial charge < -0.3 is 15.0 Å². The van der Waals surface area contributed by atoms with Crippen molar-refractivity contribution in [3.05, 3.63) is 24.3 Å². The molecule has 2 rings (SSSR count). The Morgan fingerprint density at radius 3 is 2.74 bits per heavy atom. The lowest BCUT2D eigenvalue weighted by atomic mass is 10.0. The molecule has 0 saturated carbocycles. The Bertz CT molecular complexity index is 417. The SMILES string of the molecule is CCCOc1ccc(N2CCCC(NC)C2=O)cc1. The van der Waals surface area contributed by atoms with Crippen molar-refractivity contribution in [3.8, 4) is 5.75 Å². The van der Waals surface area contributed by atoms with Crippen LogP contribution in [-0.4, -0.2) is 32.1 Å². The first kappa shape index (κ1) is 13.9. The zero-order valence-electron chi connectivity index (χ0n) is 11.7. The summed E-state index contributed by atoms with van der Waals surface area (Å²) in [6.45, 7) is 3.61. The van der Waals surface area contributed by atoms with E-state index >= 15 is 0 Å². The van der Waals surface area contributed by atoms with Crippen LogP contribution in [-0.2, 0) is 4.79 Å². The van der Waals surface area contributed by atoms with Crippen LogP contribution < -0.4 is 15.0 Å². The van der Waals surface area contributed by atoms with Crippen LogP contribution in [0.4, 0.5) is 5.69 Å². The number of benzene rings is 1. The molecule has 4 nitrogen and oxygen atoms in total. The van der Waals surface area contributed by atoms with Crippen molar-refractivity contribution in [2.45, 2.75) is 32.2 Å². The fourth-order valence-electron chi connectivity index (χ4n) is 2.34. The maximum atomic E-state index is 12.2. The first-order valence-electron chi connectivity index (χ1n) is 6.97. The molecule has 1 atom stereocenters. The van der Waals surface area contributed by atoms with Crippen molar-refractivity contribution in [1.29, 1.82) is 0 Å². The molecule has 1 unspecified atom stereocenters. The molecule has 4 heteroatoms. The molecular formula is C15H22N2O2. The maximum absolute atomic E-state index is 12.2. The van der Waals surface area contributed by atoms with Crippen LogP contribution in [0.3, 0.4) is 0 Å². The van der Waals surface area contributed by atoms with Crippen LogP contribution >= 0.6 is 0 Å². The van der Waals surface area contributed by atoms with Gasteiger partial charge >= 0.3 is 0 Å². The number of anilines is 1. The van der Waals surface area contributed by atoms with E-state index in [0.29, 0.717) is 0 Å². The highest BCUT2D eigenvalue weighted by atomic mass is 16.5. The molecule has 1 aromatic carbocycles. The van der Waals surface area contributed by atoms with Gasteiger partial charge in [0, 0.05) is 12.2 Å². The zero-order chi connectivity index (χ0) is 13.7. The number of amides is 1. The lowest BCUT2D eigenvalue weighted by Crippen LogP contribution is -2.49. The van der Waals surface area contributed by atoms with E-state index in [0.717, 1.165) is 43.9 Å². The van der Waals surface area contributed by atoms with E-state index in [-0.39, 0.29) is 11.9 Å². The third kappa shape index (κ3) is 3.26. The van der Waals surface area contributed by atoms with E-state index in [1.807, 2.05) is 36.2 Å². The minimum absolute atomic E-state index is 0.0511. The Labute approximate surface area is 114 Å². The van der Waals surface area contributed by atoms with Crippen LogP contribution in [0, 0.1) is 0 Å². The monoisotopic (exact) mass is 262 g/mol. The van der Waals surface area contributed by atoms with Gasteiger partial charge in [0.15, 0.2) is 0 Å². The normalized spacial score (nSPS) is 19.6. The van der Waals surface area contributed by atoms with Gasteiger partial charge in [0.25, 0.3) is 0 Å². The minimum atomic E-state index is -0.0511. The van der Waals surface area contributed by atoms with Gasteiger partial charge in [-0.3, -0.25) is 4.79 Å². The van der Waals surface area contributed by atoms with Crippen molar-refractivity contribution in [3.63, 3.8) is 0 Å². The van der Waals surface area contributed by atoms with Crippen molar-refractivity contribution >= 4 is 11.6 Å². The third-order valence-corrected chi connectivity index (χ3v) is 3.41. The van der Waals surface area contributed by atoms with Gasteiger partial charge in [-0.25, -0.2) is 0 Å². The number of nitrogens with zero attached hydrogens (tertiary/aromatic N) is 1.